The Balaban J connectivity index is 2.24. The van der Waals surface area contributed by atoms with Gasteiger partial charge in [-0.25, -0.2) is 4.98 Å². The Bertz CT molecular complexity index is 484. The van der Waals surface area contributed by atoms with Crippen LogP contribution >= 0.6 is 0 Å². The molecule has 0 radical (unpaired) electrons. The van der Waals surface area contributed by atoms with E-state index >= 15 is 0 Å². The summed E-state index contributed by atoms with van der Waals surface area (Å²) in [6.45, 7) is 8.32. The summed E-state index contributed by atoms with van der Waals surface area (Å²) in [7, 11) is 0. The van der Waals surface area contributed by atoms with Crippen molar-refractivity contribution in [2.45, 2.75) is 52.1 Å². The van der Waals surface area contributed by atoms with Gasteiger partial charge < -0.3 is 10.2 Å². The van der Waals surface area contributed by atoms with Crippen LogP contribution < -0.4 is 10.2 Å². The maximum Gasteiger partial charge on any atom is 0.147 e. The first-order valence-corrected chi connectivity index (χ1v) is 7.49. The predicted octanol–water partition coefficient (Wildman–Crippen LogP) is 2.62. The van der Waals surface area contributed by atoms with Crippen molar-refractivity contribution in [1.82, 2.24) is 10.3 Å². The van der Waals surface area contributed by atoms with E-state index < -0.39 is 0 Å². The minimum absolute atomic E-state index is 0.333. The van der Waals surface area contributed by atoms with Gasteiger partial charge in [-0.3, -0.25) is 0 Å². The summed E-state index contributed by atoms with van der Waals surface area (Å²) in [5.74, 6) is 0.829. The van der Waals surface area contributed by atoms with Gasteiger partial charge >= 0.3 is 0 Å². The second-order valence-corrected chi connectivity index (χ2v) is 5.83. The van der Waals surface area contributed by atoms with Crippen LogP contribution in [0.25, 0.3) is 0 Å². The molecule has 2 heterocycles. The maximum atomic E-state index is 9.31. The lowest BCUT2D eigenvalue weighted by Crippen LogP contribution is -2.46. The highest BCUT2D eigenvalue weighted by Crippen LogP contribution is 2.22. The van der Waals surface area contributed by atoms with Crippen LogP contribution in [0.2, 0.25) is 0 Å². The van der Waals surface area contributed by atoms with E-state index in [1.165, 1.54) is 19.3 Å². The molecule has 0 bridgehead atoms. The third kappa shape index (κ3) is 3.49. The van der Waals surface area contributed by atoms with Gasteiger partial charge in [-0.05, 0) is 52.3 Å². The molecule has 20 heavy (non-hydrogen) atoms. The second-order valence-electron chi connectivity index (χ2n) is 5.83. The summed E-state index contributed by atoms with van der Waals surface area (Å²) >= 11 is 0. The van der Waals surface area contributed by atoms with Crippen LogP contribution in [0.5, 0.6) is 0 Å². The normalized spacial score (nSPS) is 18.9. The summed E-state index contributed by atoms with van der Waals surface area (Å²) in [5.41, 5.74) is 1.63. The van der Waals surface area contributed by atoms with Gasteiger partial charge in [0.15, 0.2) is 0 Å². The number of aromatic nitrogens is 1. The summed E-state index contributed by atoms with van der Waals surface area (Å²) in [4.78, 5) is 6.87. The summed E-state index contributed by atoms with van der Waals surface area (Å²) in [6, 6.07) is 6.88. The first-order chi connectivity index (χ1) is 9.61. The summed E-state index contributed by atoms with van der Waals surface area (Å²) in [5, 5.41) is 12.9. The highest BCUT2D eigenvalue weighted by Gasteiger charge is 2.22. The summed E-state index contributed by atoms with van der Waals surface area (Å²) < 4.78 is 0. The van der Waals surface area contributed by atoms with E-state index in [1.54, 1.807) is 0 Å². The molecule has 1 aliphatic rings. The van der Waals surface area contributed by atoms with E-state index in [-0.39, 0.29) is 0 Å². The van der Waals surface area contributed by atoms with Crippen molar-refractivity contribution in [2.24, 2.45) is 0 Å². The monoisotopic (exact) mass is 272 g/mol. The molecular formula is C16H24N4. The van der Waals surface area contributed by atoms with Crippen molar-refractivity contribution in [2.75, 3.05) is 18.0 Å². The number of aryl methyl sites for hydroxylation is 1. The van der Waals surface area contributed by atoms with Crippen LogP contribution in [-0.2, 0) is 0 Å². The number of hydrogen-bond acceptors (Lipinski definition) is 4. The number of hydrogen-bond donors (Lipinski definition) is 1. The number of nitrogens with zero attached hydrogens (tertiary/aromatic N) is 3. The van der Waals surface area contributed by atoms with Crippen LogP contribution in [0.4, 0.5) is 5.82 Å². The lowest BCUT2D eigenvalue weighted by molar-refractivity contribution is 0.392. The third-order valence-electron chi connectivity index (χ3n) is 3.86. The molecule has 1 atom stereocenters. The Morgan fingerprint density at radius 2 is 2.25 bits per heavy atom. The molecule has 0 spiro atoms. The van der Waals surface area contributed by atoms with Gasteiger partial charge in [0, 0.05) is 24.3 Å². The first-order valence-electron chi connectivity index (χ1n) is 7.49. The average molecular weight is 272 g/mol. The molecule has 1 fully saturated rings. The fourth-order valence-corrected chi connectivity index (χ4v) is 2.71. The van der Waals surface area contributed by atoms with Crippen LogP contribution in [0.15, 0.2) is 12.1 Å². The zero-order valence-corrected chi connectivity index (χ0v) is 12.7. The lowest BCUT2D eigenvalue weighted by Gasteiger charge is -2.34. The molecule has 0 saturated carbocycles. The molecule has 4 nitrogen and oxygen atoms in total. The molecule has 0 aliphatic carbocycles. The minimum Gasteiger partial charge on any atom is -0.352 e. The second kappa shape index (κ2) is 6.71. The lowest BCUT2D eigenvalue weighted by atomic mass is 10.0. The summed E-state index contributed by atoms with van der Waals surface area (Å²) in [6.07, 6.45) is 3.76. The molecule has 0 amide bonds. The number of rotatable bonds is 4. The molecule has 2 rings (SSSR count). The molecular weight excluding hydrogens is 248 g/mol. The van der Waals surface area contributed by atoms with Crippen molar-refractivity contribution >= 4 is 5.82 Å². The molecule has 108 valence electrons. The van der Waals surface area contributed by atoms with Gasteiger partial charge in [0.2, 0.25) is 0 Å². The molecule has 1 saturated heterocycles. The molecule has 1 N–H and O–H groups in total. The number of piperidine rings is 1. The van der Waals surface area contributed by atoms with Crippen molar-refractivity contribution in [3.8, 4) is 6.07 Å². The largest absolute Gasteiger partial charge is 0.352 e. The Morgan fingerprint density at radius 3 is 2.85 bits per heavy atom. The molecule has 1 aliphatic heterocycles. The molecule has 1 aromatic heterocycles. The van der Waals surface area contributed by atoms with Crippen molar-refractivity contribution < 1.29 is 0 Å². The van der Waals surface area contributed by atoms with E-state index in [2.05, 4.69) is 35.1 Å². The van der Waals surface area contributed by atoms with Crippen LogP contribution in [0, 0.1) is 18.3 Å². The van der Waals surface area contributed by atoms with Gasteiger partial charge in [0.1, 0.15) is 11.9 Å². The highest BCUT2D eigenvalue weighted by molar-refractivity contribution is 5.55. The first kappa shape index (κ1) is 14.8. The van der Waals surface area contributed by atoms with E-state index in [0.29, 0.717) is 17.6 Å². The van der Waals surface area contributed by atoms with Crippen molar-refractivity contribution in [1.29, 1.82) is 5.26 Å². The minimum atomic E-state index is 0.333. The SMILES string of the molecule is Cc1ccc(C#N)c(N(CC2CCCCN2)C(C)C)n1. The molecule has 0 aromatic carbocycles. The van der Waals surface area contributed by atoms with Crippen molar-refractivity contribution in [3.63, 3.8) is 0 Å². The van der Waals surface area contributed by atoms with Gasteiger partial charge in [-0.15, -0.1) is 0 Å². The topological polar surface area (TPSA) is 52.0 Å². The maximum absolute atomic E-state index is 9.31. The Morgan fingerprint density at radius 1 is 1.45 bits per heavy atom. The zero-order valence-electron chi connectivity index (χ0n) is 12.7. The zero-order chi connectivity index (χ0) is 14.5. The number of pyridine rings is 1. The third-order valence-corrected chi connectivity index (χ3v) is 3.86. The average Bonchev–Trinajstić information content (AvgIpc) is 2.45. The standard InChI is InChI=1S/C16H24N4/c1-12(2)20(11-15-6-4-5-9-18-15)16-14(10-17)8-7-13(3)19-16/h7-8,12,15,18H,4-6,9,11H2,1-3H3. The van der Waals surface area contributed by atoms with E-state index in [1.807, 2.05) is 19.1 Å². The van der Waals surface area contributed by atoms with Crippen LogP contribution in [-0.4, -0.2) is 30.2 Å². The molecule has 1 unspecified atom stereocenters. The van der Waals surface area contributed by atoms with Crippen LogP contribution in [0.1, 0.15) is 44.4 Å². The molecule has 4 heteroatoms. The number of nitrogens with one attached hydrogen (secondary N) is 1. The van der Waals surface area contributed by atoms with Crippen LogP contribution in [0.3, 0.4) is 0 Å². The number of nitriles is 1. The van der Waals surface area contributed by atoms with E-state index in [4.69, 9.17) is 0 Å². The fraction of sp³-hybridized carbons (Fsp3) is 0.625. The Labute approximate surface area is 121 Å². The number of anilines is 1. The quantitative estimate of drug-likeness (QED) is 0.915. The van der Waals surface area contributed by atoms with E-state index in [9.17, 15) is 5.26 Å². The molecule has 1 aromatic rings. The van der Waals surface area contributed by atoms with Gasteiger partial charge in [0.25, 0.3) is 0 Å². The van der Waals surface area contributed by atoms with Gasteiger partial charge in [0.05, 0.1) is 5.56 Å². The van der Waals surface area contributed by atoms with E-state index in [0.717, 1.165) is 24.6 Å². The Kier molecular flexibility index (Phi) is 4.97. The van der Waals surface area contributed by atoms with Crippen molar-refractivity contribution in [3.05, 3.63) is 23.4 Å². The van der Waals surface area contributed by atoms with Gasteiger partial charge in [-0.2, -0.15) is 5.26 Å². The fourth-order valence-electron chi connectivity index (χ4n) is 2.71. The highest BCUT2D eigenvalue weighted by atomic mass is 15.2. The Hall–Kier alpha value is -1.60. The van der Waals surface area contributed by atoms with Gasteiger partial charge in [-0.1, -0.05) is 6.42 Å². The smallest absolute Gasteiger partial charge is 0.147 e. The predicted molar refractivity (Wildman–Crippen MR) is 81.8 cm³/mol.